The highest BCUT2D eigenvalue weighted by molar-refractivity contribution is 5.85. The summed E-state index contributed by atoms with van der Waals surface area (Å²) in [6.45, 7) is 3.49. The minimum absolute atomic E-state index is 0.0356. The fourth-order valence-corrected chi connectivity index (χ4v) is 9.09. The van der Waals surface area contributed by atoms with Crippen LogP contribution in [0.3, 0.4) is 0 Å². The zero-order valence-electron chi connectivity index (χ0n) is 22.2. The molecule has 4 saturated carbocycles. The van der Waals surface area contributed by atoms with Gasteiger partial charge < -0.3 is 34.6 Å². The molecule has 10 nitrogen and oxygen atoms in total. The number of aliphatic hydroxyl groups excluding tert-OH is 3. The number of Topliss-reactive ketones (excluding diaryl/α,β-unsaturated/α-hetero) is 1. The third kappa shape index (κ3) is 4.91. The Labute approximate surface area is 223 Å². The predicted molar refractivity (Wildman–Crippen MR) is 131 cm³/mol. The number of ketones is 1. The third-order valence-electron chi connectivity index (χ3n) is 10.9. The maximum atomic E-state index is 12.9. The standard InChI is InChI=1S/C28H42O10/c1-13(29)36-12-21(30)20-8-7-19-18-5-3-14-11-15(4-6-16(14)17(18)9-10-28(19,20)2)37-27-24(33)22(31)23(32)25(38-27)26(34)35/h14-20,22-25,27,31-33H,3-12H2,1-2H3,(H,34,35)/t14-,15+,16-,17+,18+,19-,20+,22+,23-,24+,25-,27?,28-/m0/s1. The van der Waals surface area contributed by atoms with E-state index in [-0.39, 0.29) is 29.8 Å². The molecule has 4 aliphatic carbocycles. The first-order chi connectivity index (χ1) is 18.0. The summed E-state index contributed by atoms with van der Waals surface area (Å²) in [5, 5.41) is 39.7. The van der Waals surface area contributed by atoms with Crippen LogP contribution in [-0.2, 0) is 28.6 Å². The highest BCUT2D eigenvalue weighted by Crippen LogP contribution is 2.64. The number of carboxylic acid groups (broad SMARTS) is 1. The van der Waals surface area contributed by atoms with E-state index in [1.807, 2.05) is 0 Å². The zero-order chi connectivity index (χ0) is 27.4. The van der Waals surface area contributed by atoms with E-state index in [0.717, 1.165) is 57.8 Å². The van der Waals surface area contributed by atoms with Crippen LogP contribution in [0.4, 0.5) is 0 Å². The molecule has 1 saturated heterocycles. The molecule has 1 aliphatic heterocycles. The van der Waals surface area contributed by atoms with Crippen LogP contribution < -0.4 is 0 Å². The van der Waals surface area contributed by atoms with Crippen molar-refractivity contribution in [2.75, 3.05) is 6.61 Å². The van der Waals surface area contributed by atoms with E-state index in [1.165, 1.54) is 6.92 Å². The van der Waals surface area contributed by atoms with E-state index in [0.29, 0.717) is 29.6 Å². The van der Waals surface area contributed by atoms with Crippen molar-refractivity contribution in [2.45, 2.75) is 108 Å². The molecule has 0 spiro atoms. The Bertz CT molecular complexity index is 923. The van der Waals surface area contributed by atoms with Gasteiger partial charge in [-0.05, 0) is 92.8 Å². The predicted octanol–water partition coefficient (Wildman–Crippen LogP) is 1.66. The van der Waals surface area contributed by atoms with Crippen LogP contribution in [0.15, 0.2) is 0 Å². The monoisotopic (exact) mass is 538 g/mol. The molecule has 0 aromatic rings. The molecule has 0 aromatic carbocycles. The lowest BCUT2D eigenvalue weighted by Crippen LogP contribution is -2.61. The molecule has 10 heteroatoms. The van der Waals surface area contributed by atoms with Gasteiger partial charge >= 0.3 is 11.9 Å². The van der Waals surface area contributed by atoms with Crippen molar-refractivity contribution in [1.29, 1.82) is 0 Å². The van der Waals surface area contributed by atoms with Crippen LogP contribution in [0.5, 0.6) is 0 Å². The first-order valence-corrected chi connectivity index (χ1v) is 14.2. The van der Waals surface area contributed by atoms with Crippen LogP contribution in [0.25, 0.3) is 0 Å². The average molecular weight is 539 g/mol. The molecular weight excluding hydrogens is 496 g/mol. The highest BCUT2D eigenvalue weighted by Gasteiger charge is 2.58. The fourth-order valence-electron chi connectivity index (χ4n) is 9.09. The van der Waals surface area contributed by atoms with E-state index in [9.17, 15) is 34.8 Å². The van der Waals surface area contributed by atoms with Gasteiger partial charge in [-0.3, -0.25) is 9.59 Å². The Hall–Kier alpha value is -1.59. The van der Waals surface area contributed by atoms with Crippen LogP contribution in [-0.4, -0.2) is 81.6 Å². The van der Waals surface area contributed by atoms with Crippen molar-refractivity contribution in [3.63, 3.8) is 0 Å². The van der Waals surface area contributed by atoms with Crippen molar-refractivity contribution in [3.05, 3.63) is 0 Å². The molecule has 13 atom stereocenters. The normalized spacial score (nSPS) is 48.3. The molecule has 0 amide bonds. The Morgan fingerprint density at radius 2 is 1.63 bits per heavy atom. The third-order valence-corrected chi connectivity index (χ3v) is 10.9. The summed E-state index contributed by atoms with van der Waals surface area (Å²) in [5.74, 6) is 0.943. The number of rotatable bonds is 6. The van der Waals surface area contributed by atoms with Gasteiger partial charge in [-0.2, -0.15) is 0 Å². The van der Waals surface area contributed by atoms with Gasteiger partial charge in [0.2, 0.25) is 0 Å². The van der Waals surface area contributed by atoms with E-state index in [4.69, 9.17) is 14.2 Å². The number of esters is 1. The summed E-state index contributed by atoms with van der Waals surface area (Å²) in [6.07, 6.45) is 0.656. The maximum absolute atomic E-state index is 12.9. The maximum Gasteiger partial charge on any atom is 0.335 e. The summed E-state index contributed by atoms with van der Waals surface area (Å²) >= 11 is 0. The SMILES string of the molecule is CC(=O)OCC(=O)[C@H]1CC[C@H]2[C@@H]3CC[C@H]4C[C@H](OC5O[C@H](C(=O)O)[C@@H](O)[C@@H](O)[C@H]5O)CC[C@@H]4[C@H]3CC[C@]12C. The molecule has 5 aliphatic rings. The Morgan fingerprint density at radius 1 is 0.895 bits per heavy atom. The lowest BCUT2D eigenvalue weighted by molar-refractivity contribution is -0.308. The van der Waals surface area contributed by atoms with E-state index >= 15 is 0 Å². The smallest absolute Gasteiger partial charge is 0.335 e. The number of ether oxygens (including phenoxy) is 3. The molecule has 1 heterocycles. The van der Waals surface area contributed by atoms with Gasteiger partial charge in [0.15, 0.2) is 18.2 Å². The molecular formula is C28H42O10. The van der Waals surface area contributed by atoms with Gasteiger partial charge in [-0.1, -0.05) is 6.92 Å². The number of hydrogen-bond donors (Lipinski definition) is 4. The quantitative estimate of drug-likeness (QED) is 0.289. The molecule has 0 radical (unpaired) electrons. The van der Waals surface area contributed by atoms with Gasteiger partial charge in [0.1, 0.15) is 24.9 Å². The van der Waals surface area contributed by atoms with Gasteiger partial charge in [0.25, 0.3) is 0 Å². The molecule has 38 heavy (non-hydrogen) atoms. The van der Waals surface area contributed by atoms with Gasteiger partial charge in [-0.15, -0.1) is 0 Å². The number of aliphatic hydroxyl groups is 3. The van der Waals surface area contributed by atoms with Crippen molar-refractivity contribution in [3.8, 4) is 0 Å². The zero-order valence-corrected chi connectivity index (χ0v) is 22.2. The van der Waals surface area contributed by atoms with Crippen LogP contribution in [0.1, 0.15) is 71.6 Å². The first kappa shape index (κ1) is 28.0. The topological polar surface area (TPSA) is 160 Å². The second kappa shape index (κ2) is 10.8. The molecule has 4 N–H and O–H groups in total. The lowest BCUT2D eigenvalue weighted by atomic mass is 9.49. The summed E-state index contributed by atoms with van der Waals surface area (Å²) in [5.41, 5.74) is -0.0356. The van der Waals surface area contributed by atoms with Gasteiger partial charge in [0, 0.05) is 12.8 Å². The average Bonchev–Trinajstić information content (AvgIpc) is 3.24. The number of carbonyl (C=O) groups is 3. The van der Waals surface area contributed by atoms with Crippen LogP contribution in [0.2, 0.25) is 0 Å². The van der Waals surface area contributed by atoms with Gasteiger partial charge in [-0.25, -0.2) is 4.79 Å². The van der Waals surface area contributed by atoms with Crippen molar-refractivity contribution in [1.82, 2.24) is 0 Å². The van der Waals surface area contributed by atoms with Crippen molar-refractivity contribution >= 4 is 17.7 Å². The summed E-state index contributed by atoms with van der Waals surface area (Å²) in [6, 6.07) is 0. The summed E-state index contributed by atoms with van der Waals surface area (Å²) < 4.78 is 16.4. The number of fused-ring (bicyclic) bond motifs is 5. The molecule has 1 unspecified atom stereocenters. The first-order valence-electron chi connectivity index (χ1n) is 14.2. The minimum atomic E-state index is -1.72. The lowest BCUT2D eigenvalue weighted by Gasteiger charge is -2.56. The van der Waals surface area contributed by atoms with E-state index < -0.39 is 42.6 Å². The highest BCUT2D eigenvalue weighted by atomic mass is 16.7. The fraction of sp³-hybridized carbons (Fsp3) is 0.893. The van der Waals surface area contributed by atoms with Crippen LogP contribution >= 0.6 is 0 Å². The number of carbonyl (C=O) groups excluding carboxylic acids is 2. The summed E-state index contributed by atoms with van der Waals surface area (Å²) in [4.78, 5) is 35.6. The number of hydrogen-bond acceptors (Lipinski definition) is 9. The van der Waals surface area contributed by atoms with Gasteiger partial charge in [0.05, 0.1) is 6.10 Å². The van der Waals surface area contributed by atoms with Crippen molar-refractivity contribution < 1.29 is 49.0 Å². The molecule has 0 bridgehead atoms. The van der Waals surface area contributed by atoms with Crippen molar-refractivity contribution in [2.24, 2.45) is 40.9 Å². The molecule has 5 rings (SSSR count). The Morgan fingerprint density at radius 3 is 2.34 bits per heavy atom. The molecule has 5 fully saturated rings. The van der Waals surface area contributed by atoms with E-state index in [1.54, 1.807) is 0 Å². The van der Waals surface area contributed by atoms with E-state index in [2.05, 4.69) is 6.92 Å². The second-order valence-corrected chi connectivity index (χ2v) is 12.7. The summed E-state index contributed by atoms with van der Waals surface area (Å²) in [7, 11) is 0. The largest absolute Gasteiger partial charge is 0.479 e. The number of aliphatic carboxylic acids is 1. The number of carboxylic acids is 1. The second-order valence-electron chi connectivity index (χ2n) is 12.7. The molecule has 0 aromatic heterocycles. The Balaban J connectivity index is 1.20. The van der Waals surface area contributed by atoms with Crippen LogP contribution in [0, 0.1) is 40.9 Å². The Kier molecular flexibility index (Phi) is 7.92. The molecule has 214 valence electrons. The minimum Gasteiger partial charge on any atom is -0.479 e.